The normalized spacial score (nSPS) is 12.1. The Kier molecular flexibility index (Phi) is 6.59. The van der Waals surface area contributed by atoms with E-state index < -0.39 is 0 Å². The van der Waals surface area contributed by atoms with E-state index in [9.17, 15) is 4.79 Å². The molecule has 1 unspecified atom stereocenters. The summed E-state index contributed by atoms with van der Waals surface area (Å²) in [6, 6.07) is 16.2. The Morgan fingerprint density at radius 1 is 0.960 bits per heavy atom. The van der Waals surface area contributed by atoms with Crippen molar-refractivity contribution in [2.75, 3.05) is 31.4 Å². The van der Waals surface area contributed by atoms with Gasteiger partial charge in [0.1, 0.15) is 0 Å². The maximum Gasteiger partial charge on any atom is 0.241 e. The number of carbonyl (C=O) groups excluding carboxylic acids is 1. The van der Waals surface area contributed by atoms with Crippen molar-refractivity contribution in [2.24, 2.45) is 0 Å². The summed E-state index contributed by atoms with van der Waals surface area (Å²) >= 11 is 0. The number of carbonyl (C=O) groups is 1. The zero-order valence-electron chi connectivity index (χ0n) is 15.9. The van der Waals surface area contributed by atoms with E-state index >= 15 is 0 Å². The number of aryl methyl sites for hydroxylation is 1. The van der Waals surface area contributed by atoms with Gasteiger partial charge in [-0.3, -0.25) is 9.69 Å². The fourth-order valence-corrected chi connectivity index (χ4v) is 2.60. The number of rotatable bonds is 7. The molecule has 0 heterocycles. The van der Waals surface area contributed by atoms with Crippen molar-refractivity contribution < 1.29 is 4.79 Å². The molecule has 134 valence electrons. The Labute approximate surface area is 151 Å². The minimum atomic E-state index is -0.209. The molecule has 0 saturated heterocycles. The standard InChI is InChI=1S/C21H29N3O/c1-6-17-7-9-18(10-8-17)15-24(5)16(2)21(25)22-19-11-13-20(14-12-19)23(3)4/h7-14,16H,6,15H2,1-5H3,(H,22,25). The molecule has 1 amide bonds. The van der Waals surface area contributed by atoms with Crippen LogP contribution in [0.1, 0.15) is 25.0 Å². The highest BCUT2D eigenvalue weighted by atomic mass is 16.2. The molecule has 0 fully saturated rings. The summed E-state index contributed by atoms with van der Waals surface area (Å²) in [6.45, 7) is 4.83. The number of hydrogen-bond acceptors (Lipinski definition) is 3. The zero-order valence-corrected chi connectivity index (χ0v) is 15.9. The summed E-state index contributed by atoms with van der Waals surface area (Å²) in [5.74, 6) is 0.00489. The number of amides is 1. The van der Waals surface area contributed by atoms with Crippen LogP contribution < -0.4 is 10.2 Å². The molecule has 1 N–H and O–H groups in total. The smallest absolute Gasteiger partial charge is 0.241 e. The summed E-state index contributed by atoms with van der Waals surface area (Å²) in [4.78, 5) is 16.6. The molecule has 2 aromatic rings. The number of nitrogens with one attached hydrogen (secondary N) is 1. The average Bonchev–Trinajstić information content (AvgIpc) is 2.62. The first kappa shape index (κ1) is 19.0. The number of nitrogens with zero attached hydrogens (tertiary/aromatic N) is 2. The molecule has 2 rings (SSSR count). The lowest BCUT2D eigenvalue weighted by Crippen LogP contribution is -2.39. The molecule has 0 spiro atoms. The molecule has 0 aliphatic carbocycles. The third-order valence-electron chi connectivity index (χ3n) is 4.56. The quantitative estimate of drug-likeness (QED) is 0.834. The van der Waals surface area contributed by atoms with Gasteiger partial charge in [0, 0.05) is 32.0 Å². The van der Waals surface area contributed by atoms with E-state index in [1.54, 1.807) is 0 Å². The van der Waals surface area contributed by atoms with Gasteiger partial charge in [0.15, 0.2) is 0 Å². The third kappa shape index (κ3) is 5.33. The van der Waals surface area contributed by atoms with Gasteiger partial charge < -0.3 is 10.2 Å². The van der Waals surface area contributed by atoms with E-state index in [2.05, 4.69) is 41.4 Å². The van der Waals surface area contributed by atoms with Crippen molar-refractivity contribution in [2.45, 2.75) is 32.9 Å². The lowest BCUT2D eigenvalue weighted by molar-refractivity contribution is -0.120. The highest BCUT2D eigenvalue weighted by Crippen LogP contribution is 2.16. The molecule has 0 saturated carbocycles. The lowest BCUT2D eigenvalue weighted by Gasteiger charge is -2.24. The van der Waals surface area contributed by atoms with Gasteiger partial charge in [-0.1, -0.05) is 31.2 Å². The van der Waals surface area contributed by atoms with Crippen LogP contribution in [0, 0.1) is 0 Å². The van der Waals surface area contributed by atoms with Gasteiger partial charge in [-0.15, -0.1) is 0 Å². The van der Waals surface area contributed by atoms with E-state index in [4.69, 9.17) is 0 Å². The van der Waals surface area contributed by atoms with Gasteiger partial charge in [0.2, 0.25) is 5.91 Å². The summed E-state index contributed by atoms with van der Waals surface area (Å²) in [7, 11) is 5.97. The maximum absolute atomic E-state index is 12.5. The van der Waals surface area contributed by atoms with Crippen LogP contribution in [0.3, 0.4) is 0 Å². The highest BCUT2D eigenvalue weighted by Gasteiger charge is 2.18. The number of hydrogen-bond donors (Lipinski definition) is 1. The van der Waals surface area contributed by atoms with Crippen molar-refractivity contribution in [1.29, 1.82) is 0 Å². The van der Waals surface area contributed by atoms with E-state index in [1.165, 1.54) is 11.1 Å². The van der Waals surface area contributed by atoms with Gasteiger partial charge in [0.25, 0.3) is 0 Å². The first-order valence-corrected chi connectivity index (χ1v) is 8.77. The third-order valence-corrected chi connectivity index (χ3v) is 4.56. The van der Waals surface area contributed by atoms with Gasteiger partial charge in [-0.25, -0.2) is 0 Å². The molecule has 25 heavy (non-hydrogen) atoms. The highest BCUT2D eigenvalue weighted by molar-refractivity contribution is 5.94. The molecular formula is C21H29N3O. The lowest BCUT2D eigenvalue weighted by atomic mass is 10.1. The fourth-order valence-electron chi connectivity index (χ4n) is 2.60. The Morgan fingerprint density at radius 2 is 1.52 bits per heavy atom. The molecule has 0 aliphatic rings. The predicted octanol–water partition coefficient (Wildman–Crippen LogP) is 3.77. The summed E-state index contributed by atoms with van der Waals surface area (Å²) in [5.41, 5.74) is 4.48. The molecule has 0 aromatic heterocycles. The number of benzene rings is 2. The molecule has 0 aliphatic heterocycles. The molecule has 0 bridgehead atoms. The Bertz CT molecular complexity index is 677. The van der Waals surface area contributed by atoms with Crippen LogP contribution >= 0.6 is 0 Å². The second-order valence-electron chi connectivity index (χ2n) is 6.69. The average molecular weight is 339 g/mol. The molecular weight excluding hydrogens is 310 g/mol. The monoisotopic (exact) mass is 339 g/mol. The first-order chi connectivity index (χ1) is 11.9. The second-order valence-corrected chi connectivity index (χ2v) is 6.69. The van der Waals surface area contributed by atoms with Gasteiger partial charge in [-0.2, -0.15) is 0 Å². The summed E-state index contributed by atoms with van der Waals surface area (Å²) < 4.78 is 0. The first-order valence-electron chi connectivity index (χ1n) is 8.77. The minimum absolute atomic E-state index is 0.00489. The van der Waals surface area contributed by atoms with E-state index in [-0.39, 0.29) is 11.9 Å². The summed E-state index contributed by atoms with van der Waals surface area (Å²) in [5, 5.41) is 2.99. The number of likely N-dealkylation sites (N-methyl/N-ethyl adjacent to an activating group) is 1. The van der Waals surface area contributed by atoms with Crippen LogP contribution in [0.2, 0.25) is 0 Å². The predicted molar refractivity (Wildman–Crippen MR) is 106 cm³/mol. The van der Waals surface area contributed by atoms with Gasteiger partial charge in [-0.05, 0) is 55.8 Å². The maximum atomic E-state index is 12.5. The van der Waals surface area contributed by atoms with E-state index in [0.717, 1.165) is 24.3 Å². The topological polar surface area (TPSA) is 35.6 Å². The second kappa shape index (κ2) is 8.67. The Hall–Kier alpha value is -2.33. The molecule has 1 atom stereocenters. The minimum Gasteiger partial charge on any atom is -0.378 e. The van der Waals surface area contributed by atoms with Crippen LogP contribution in [0.25, 0.3) is 0 Å². The van der Waals surface area contributed by atoms with E-state index in [0.29, 0.717) is 0 Å². The van der Waals surface area contributed by atoms with Crippen LogP contribution in [-0.2, 0) is 17.8 Å². The molecule has 0 radical (unpaired) electrons. The Morgan fingerprint density at radius 3 is 2.04 bits per heavy atom. The number of anilines is 2. The van der Waals surface area contributed by atoms with Crippen LogP contribution in [0.4, 0.5) is 11.4 Å². The zero-order chi connectivity index (χ0) is 18.4. The largest absolute Gasteiger partial charge is 0.378 e. The van der Waals surface area contributed by atoms with Crippen molar-refractivity contribution in [1.82, 2.24) is 4.90 Å². The van der Waals surface area contributed by atoms with Crippen molar-refractivity contribution in [3.05, 3.63) is 59.7 Å². The van der Waals surface area contributed by atoms with Crippen LogP contribution in [0.5, 0.6) is 0 Å². The van der Waals surface area contributed by atoms with Gasteiger partial charge >= 0.3 is 0 Å². The molecule has 2 aromatic carbocycles. The van der Waals surface area contributed by atoms with E-state index in [1.807, 2.05) is 57.2 Å². The fraction of sp³-hybridized carbons (Fsp3) is 0.381. The van der Waals surface area contributed by atoms with Gasteiger partial charge in [0.05, 0.1) is 6.04 Å². The van der Waals surface area contributed by atoms with Crippen molar-refractivity contribution >= 4 is 17.3 Å². The molecule has 4 nitrogen and oxygen atoms in total. The SMILES string of the molecule is CCc1ccc(CN(C)C(C)C(=O)Nc2ccc(N(C)C)cc2)cc1. The summed E-state index contributed by atoms with van der Waals surface area (Å²) in [6.07, 6.45) is 1.04. The molecule has 4 heteroatoms. The van der Waals surface area contributed by atoms with Crippen LogP contribution in [0.15, 0.2) is 48.5 Å². The van der Waals surface area contributed by atoms with Crippen LogP contribution in [-0.4, -0.2) is 38.0 Å². The van der Waals surface area contributed by atoms with Crippen molar-refractivity contribution in [3.63, 3.8) is 0 Å². The van der Waals surface area contributed by atoms with Crippen molar-refractivity contribution in [3.8, 4) is 0 Å². The Balaban J connectivity index is 1.93.